The molecule has 2 aromatic carbocycles. The molecule has 0 N–H and O–H groups in total. The molecule has 13 heteroatoms. The molecule has 33 heavy (non-hydrogen) atoms. The van der Waals surface area contributed by atoms with Crippen molar-refractivity contribution in [2.75, 3.05) is 39.0 Å². The number of carbonyl (C=O) groups is 1. The summed E-state index contributed by atoms with van der Waals surface area (Å²) in [5, 5.41) is 11.2. The fourth-order valence-corrected chi connectivity index (χ4v) is 5.46. The maximum absolute atomic E-state index is 12.9. The van der Waals surface area contributed by atoms with Crippen LogP contribution in [0, 0.1) is 10.1 Å². The van der Waals surface area contributed by atoms with E-state index in [9.17, 15) is 31.7 Å². The van der Waals surface area contributed by atoms with E-state index in [0.29, 0.717) is 12.4 Å². The predicted molar refractivity (Wildman–Crippen MR) is 118 cm³/mol. The predicted octanol–water partition coefficient (Wildman–Crippen LogP) is 1.54. The first-order valence-corrected chi connectivity index (χ1v) is 13.3. The molecule has 0 atom stereocenters. The van der Waals surface area contributed by atoms with Gasteiger partial charge in [-0.3, -0.25) is 14.9 Å². The van der Waals surface area contributed by atoms with Crippen LogP contribution in [0.2, 0.25) is 0 Å². The Morgan fingerprint density at radius 3 is 2.12 bits per heavy atom. The Labute approximate surface area is 191 Å². The van der Waals surface area contributed by atoms with Crippen molar-refractivity contribution in [3.63, 3.8) is 0 Å². The van der Waals surface area contributed by atoms with Crippen molar-refractivity contribution >= 4 is 31.5 Å². The van der Waals surface area contributed by atoms with E-state index in [1.807, 2.05) is 6.92 Å². The van der Waals surface area contributed by atoms with Gasteiger partial charge in [0, 0.05) is 50.1 Å². The van der Waals surface area contributed by atoms with E-state index in [1.165, 1.54) is 21.3 Å². The van der Waals surface area contributed by atoms with Crippen LogP contribution in [0.15, 0.2) is 52.3 Å². The summed E-state index contributed by atoms with van der Waals surface area (Å²) in [5.41, 5.74) is -0.662. The van der Waals surface area contributed by atoms with Gasteiger partial charge < -0.3 is 9.64 Å². The van der Waals surface area contributed by atoms with Crippen LogP contribution in [0.4, 0.5) is 5.69 Å². The van der Waals surface area contributed by atoms with E-state index >= 15 is 0 Å². The topological polar surface area (TPSA) is 144 Å². The highest BCUT2D eigenvalue weighted by molar-refractivity contribution is 7.90. The zero-order valence-corrected chi connectivity index (χ0v) is 19.6. The van der Waals surface area contributed by atoms with E-state index in [-0.39, 0.29) is 41.5 Å². The van der Waals surface area contributed by atoms with Gasteiger partial charge in [-0.05, 0) is 37.3 Å². The number of sulfone groups is 1. The van der Waals surface area contributed by atoms with Crippen molar-refractivity contribution in [2.24, 2.45) is 0 Å². The van der Waals surface area contributed by atoms with Crippen LogP contribution in [0.1, 0.15) is 17.3 Å². The molecule has 0 spiro atoms. The third-order valence-electron chi connectivity index (χ3n) is 5.08. The van der Waals surface area contributed by atoms with Crippen LogP contribution in [0.5, 0.6) is 5.75 Å². The number of rotatable bonds is 7. The Hall–Kier alpha value is -3.03. The lowest BCUT2D eigenvalue weighted by molar-refractivity contribution is -0.385. The van der Waals surface area contributed by atoms with Crippen molar-refractivity contribution in [3.8, 4) is 5.75 Å². The molecule has 2 aromatic rings. The van der Waals surface area contributed by atoms with Crippen molar-refractivity contribution in [1.82, 2.24) is 9.21 Å². The molecule has 3 rings (SSSR count). The Balaban J connectivity index is 1.76. The first-order chi connectivity index (χ1) is 15.4. The molecule has 178 valence electrons. The molecule has 1 amide bonds. The van der Waals surface area contributed by atoms with Gasteiger partial charge in [-0.15, -0.1) is 0 Å². The lowest BCUT2D eigenvalue weighted by Gasteiger charge is -2.34. The minimum atomic E-state index is -3.78. The van der Waals surface area contributed by atoms with Crippen LogP contribution in [-0.4, -0.2) is 75.9 Å². The molecule has 11 nitrogen and oxygen atoms in total. The second-order valence-corrected chi connectivity index (χ2v) is 11.3. The summed E-state index contributed by atoms with van der Waals surface area (Å²) < 4.78 is 56.2. The van der Waals surface area contributed by atoms with Gasteiger partial charge in [0.25, 0.3) is 11.6 Å². The fraction of sp³-hybridized carbons (Fsp3) is 0.350. The molecule has 1 heterocycles. The smallest absolute Gasteiger partial charge is 0.271 e. The second-order valence-electron chi connectivity index (χ2n) is 7.35. The van der Waals surface area contributed by atoms with Crippen molar-refractivity contribution in [1.29, 1.82) is 0 Å². The first kappa shape index (κ1) is 24.6. The molecular formula is C20H23N3O8S2. The monoisotopic (exact) mass is 497 g/mol. The maximum atomic E-state index is 12.9. The highest BCUT2D eigenvalue weighted by Gasteiger charge is 2.31. The Bertz CT molecular complexity index is 1270. The molecule has 0 unspecified atom stereocenters. The molecule has 0 radical (unpaired) electrons. The SMILES string of the molecule is CCOc1ccc(S(=O)(=O)N2CCN(C(=O)c3cc([N+](=O)[O-])cc(S(C)(=O)=O)c3)CC2)cc1. The first-order valence-electron chi connectivity index (χ1n) is 9.95. The molecule has 1 fully saturated rings. The van der Waals surface area contributed by atoms with Crippen molar-refractivity contribution < 1.29 is 31.3 Å². The third kappa shape index (κ3) is 5.49. The highest BCUT2D eigenvalue weighted by Crippen LogP contribution is 2.24. The quantitative estimate of drug-likeness (QED) is 0.414. The van der Waals surface area contributed by atoms with E-state index in [1.54, 1.807) is 12.1 Å². The zero-order chi connectivity index (χ0) is 24.4. The minimum Gasteiger partial charge on any atom is -0.494 e. The molecular weight excluding hydrogens is 474 g/mol. The molecule has 1 aliphatic rings. The number of amides is 1. The number of piperazine rings is 1. The molecule has 1 saturated heterocycles. The maximum Gasteiger partial charge on any atom is 0.271 e. The van der Waals surface area contributed by atoms with Crippen LogP contribution in [0.25, 0.3) is 0 Å². The normalized spacial score (nSPS) is 15.3. The minimum absolute atomic E-state index is 0.0230. The summed E-state index contributed by atoms with van der Waals surface area (Å²) in [7, 11) is -7.56. The number of sulfonamides is 1. The fourth-order valence-electron chi connectivity index (χ4n) is 3.36. The van der Waals surface area contributed by atoms with Gasteiger partial charge in [-0.25, -0.2) is 16.8 Å². The van der Waals surface area contributed by atoms with Crippen molar-refractivity contribution in [3.05, 3.63) is 58.1 Å². The molecule has 1 aliphatic heterocycles. The number of ether oxygens (including phenoxy) is 1. The van der Waals surface area contributed by atoms with Gasteiger partial charge in [0.15, 0.2) is 9.84 Å². The molecule has 0 aliphatic carbocycles. The summed E-state index contributed by atoms with van der Waals surface area (Å²) in [6, 6.07) is 9.04. The van der Waals surface area contributed by atoms with Gasteiger partial charge in [0.2, 0.25) is 10.0 Å². The van der Waals surface area contributed by atoms with Crippen LogP contribution < -0.4 is 4.74 Å². The third-order valence-corrected chi connectivity index (χ3v) is 8.08. The number of benzene rings is 2. The molecule has 0 saturated carbocycles. The summed E-state index contributed by atoms with van der Waals surface area (Å²) in [6.07, 6.45) is 0.894. The molecule has 0 aromatic heterocycles. The van der Waals surface area contributed by atoms with Gasteiger partial charge in [0.1, 0.15) is 5.75 Å². The largest absolute Gasteiger partial charge is 0.494 e. The average molecular weight is 498 g/mol. The summed E-state index contributed by atoms with van der Waals surface area (Å²) in [4.78, 5) is 24.4. The Morgan fingerprint density at radius 1 is 1.00 bits per heavy atom. The number of nitro groups is 1. The van der Waals surface area contributed by atoms with E-state index in [4.69, 9.17) is 4.74 Å². The summed E-state index contributed by atoms with van der Waals surface area (Å²) in [6.45, 7) is 2.42. The number of nitrogens with zero attached hydrogens (tertiary/aromatic N) is 3. The van der Waals surface area contributed by atoms with E-state index in [0.717, 1.165) is 24.5 Å². The lowest BCUT2D eigenvalue weighted by Crippen LogP contribution is -2.50. The van der Waals surface area contributed by atoms with Gasteiger partial charge >= 0.3 is 0 Å². The number of carbonyl (C=O) groups excluding carboxylic acids is 1. The van der Waals surface area contributed by atoms with E-state index in [2.05, 4.69) is 0 Å². The second kappa shape index (κ2) is 9.45. The van der Waals surface area contributed by atoms with Crippen LogP contribution in [0.3, 0.4) is 0 Å². The van der Waals surface area contributed by atoms with Crippen molar-refractivity contribution in [2.45, 2.75) is 16.7 Å². The van der Waals surface area contributed by atoms with E-state index < -0.39 is 36.4 Å². The van der Waals surface area contributed by atoms with Crippen LogP contribution in [-0.2, 0) is 19.9 Å². The lowest BCUT2D eigenvalue weighted by atomic mass is 10.1. The number of hydrogen-bond acceptors (Lipinski definition) is 8. The standard InChI is InChI=1S/C20H23N3O8S2/c1-3-31-17-4-6-18(7-5-17)33(29,30)22-10-8-21(9-11-22)20(24)15-12-16(23(25)26)14-19(13-15)32(2,27)28/h4-7,12-14H,3,8-11H2,1-2H3. The zero-order valence-electron chi connectivity index (χ0n) is 18.0. The molecule has 0 bridgehead atoms. The van der Waals surface area contributed by atoms with Crippen LogP contribution >= 0.6 is 0 Å². The number of non-ortho nitro benzene ring substituents is 1. The highest BCUT2D eigenvalue weighted by atomic mass is 32.2. The van der Waals surface area contributed by atoms with Gasteiger partial charge in [-0.2, -0.15) is 4.31 Å². The average Bonchev–Trinajstić information content (AvgIpc) is 2.78. The number of nitro benzene ring substituents is 1. The number of hydrogen-bond donors (Lipinski definition) is 0. The van der Waals surface area contributed by atoms with Gasteiger partial charge in [0.05, 0.1) is 21.3 Å². The summed E-state index contributed by atoms with van der Waals surface area (Å²) >= 11 is 0. The Morgan fingerprint density at radius 2 is 1.61 bits per heavy atom. The summed E-state index contributed by atoms with van der Waals surface area (Å²) in [5.74, 6) is -0.0565. The Kier molecular flexibility index (Phi) is 7.05. The van der Waals surface area contributed by atoms with Gasteiger partial charge in [-0.1, -0.05) is 0 Å².